The molecular formula is C12H11BrClN3O. The zero-order valence-electron chi connectivity index (χ0n) is 9.36. The van der Waals surface area contributed by atoms with Crippen LogP contribution in [0, 0.1) is 0 Å². The van der Waals surface area contributed by atoms with Crippen LogP contribution in [0.3, 0.4) is 0 Å². The molecule has 0 saturated carbocycles. The van der Waals surface area contributed by atoms with Gasteiger partial charge in [-0.25, -0.2) is 4.98 Å². The van der Waals surface area contributed by atoms with Gasteiger partial charge in [-0.15, -0.1) is 11.6 Å². The molecule has 2 N–H and O–H groups in total. The van der Waals surface area contributed by atoms with E-state index in [0.717, 1.165) is 5.56 Å². The summed E-state index contributed by atoms with van der Waals surface area (Å²) in [5, 5.41) is 3.14. The van der Waals surface area contributed by atoms with Crippen LogP contribution in [-0.2, 0) is 0 Å². The molecule has 1 heterocycles. The van der Waals surface area contributed by atoms with E-state index < -0.39 is 0 Å². The number of benzene rings is 1. The predicted octanol–water partition coefficient (Wildman–Crippen LogP) is 2.92. The second-order valence-electron chi connectivity index (χ2n) is 3.66. The van der Waals surface area contributed by atoms with Crippen molar-refractivity contribution in [2.75, 3.05) is 11.2 Å². The summed E-state index contributed by atoms with van der Waals surface area (Å²) in [5.41, 5.74) is 0.815. The number of nitrogens with zero attached hydrogens (tertiary/aromatic N) is 1. The van der Waals surface area contributed by atoms with Gasteiger partial charge in [0.15, 0.2) is 0 Å². The van der Waals surface area contributed by atoms with Gasteiger partial charge in [-0.05, 0) is 21.5 Å². The van der Waals surface area contributed by atoms with Crippen LogP contribution in [0.4, 0.5) is 5.82 Å². The Morgan fingerprint density at radius 2 is 2.11 bits per heavy atom. The largest absolute Gasteiger partial charge is 0.361 e. The molecule has 0 fully saturated rings. The highest BCUT2D eigenvalue weighted by molar-refractivity contribution is 9.10. The van der Waals surface area contributed by atoms with Crippen molar-refractivity contribution in [3.8, 4) is 0 Å². The van der Waals surface area contributed by atoms with Crippen molar-refractivity contribution in [1.82, 2.24) is 9.97 Å². The lowest BCUT2D eigenvalue weighted by Gasteiger charge is -2.17. The monoisotopic (exact) mass is 327 g/mol. The molecule has 2 rings (SSSR count). The van der Waals surface area contributed by atoms with E-state index in [0.29, 0.717) is 16.2 Å². The van der Waals surface area contributed by atoms with Crippen LogP contribution in [0.1, 0.15) is 11.6 Å². The fourth-order valence-electron chi connectivity index (χ4n) is 1.55. The van der Waals surface area contributed by atoms with Crippen LogP contribution < -0.4 is 10.9 Å². The van der Waals surface area contributed by atoms with Crippen molar-refractivity contribution in [2.45, 2.75) is 6.04 Å². The molecule has 0 spiro atoms. The summed E-state index contributed by atoms with van der Waals surface area (Å²) in [5.74, 6) is 0.860. The van der Waals surface area contributed by atoms with Crippen molar-refractivity contribution in [3.63, 3.8) is 0 Å². The first-order valence-corrected chi connectivity index (χ1v) is 6.65. The zero-order chi connectivity index (χ0) is 13.0. The van der Waals surface area contributed by atoms with Crippen molar-refractivity contribution in [1.29, 1.82) is 0 Å². The van der Waals surface area contributed by atoms with Crippen LogP contribution in [0.2, 0.25) is 0 Å². The lowest BCUT2D eigenvalue weighted by Crippen LogP contribution is -2.17. The van der Waals surface area contributed by atoms with Crippen molar-refractivity contribution < 1.29 is 0 Å². The number of hydrogen-bond donors (Lipinski definition) is 2. The Morgan fingerprint density at radius 3 is 2.78 bits per heavy atom. The second-order valence-corrected chi connectivity index (χ2v) is 4.76. The van der Waals surface area contributed by atoms with Crippen LogP contribution in [0.5, 0.6) is 0 Å². The number of nitrogens with one attached hydrogen (secondary N) is 2. The molecule has 18 heavy (non-hydrogen) atoms. The lowest BCUT2D eigenvalue weighted by atomic mass is 10.1. The van der Waals surface area contributed by atoms with Gasteiger partial charge in [0.2, 0.25) is 0 Å². The molecule has 2 aromatic rings. The SMILES string of the molecule is O=c1[nH]cnc(NC(CCl)c2ccccc2)c1Br. The highest BCUT2D eigenvalue weighted by atomic mass is 79.9. The Morgan fingerprint density at radius 1 is 1.39 bits per heavy atom. The van der Waals surface area contributed by atoms with Crippen molar-refractivity contribution >= 4 is 33.3 Å². The molecule has 1 atom stereocenters. The Labute approximate surface area is 118 Å². The highest BCUT2D eigenvalue weighted by Gasteiger charge is 2.13. The van der Waals surface area contributed by atoms with E-state index in [1.807, 2.05) is 30.3 Å². The molecule has 94 valence electrons. The summed E-state index contributed by atoms with van der Waals surface area (Å²) >= 11 is 9.15. The van der Waals surface area contributed by atoms with Gasteiger partial charge in [-0.2, -0.15) is 0 Å². The van der Waals surface area contributed by atoms with Crippen LogP contribution in [0.15, 0.2) is 45.9 Å². The molecular weight excluding hydrogens is 318 g/mol. The molecule has 1 unspecified atom stereocenters. The van der Waals surface area contributed by atoms with Gasteiger partial charge in [0.1, 0.15) is 10.3 Å². The number of alkyl halides is 1. The second kappa shape index (κ2) is 6.02. The molecule has 0 saturated heterocycles. The van der Waals surface area contributed by atoms with Gasteiger partial charge in [0.05, 0.1) is 12.4 Å². The maximum absolute atomic E-state index is 11.4. The van der Waals surface area contributed by atoms with Gasteiger partial charge >= 0.3 is 0 Å². The van der Waals surface area contributed by atoms with Gasteiger partial charge in [0, 0.05) is 5.88 Å². The normalized spacial score (nSPS) is 12.1. The van der Waals surface area contributed by atoms with Gasteiger partial charge in [0.25, 0.3) is 5.56 Å². The van der Waals surface area contributed by atoms with Gasteiger partial charge < -0.3 is 10.3 Å². The standard InChI is InChI=1S/C12H11BrClN3O/c13-10-11(15-7-16-12(10)18)17-9(6-14)8-4-2-1-3-5-8/h1-5,7,9H,6H2,(H2,15,16,17,18). The minimum absolute atomic E-state index is 0.0986. The Kier molecular flexibility index (Phi) is 4.38. The van der Waals surface area contributed by atoms with E-state index in [-0.39, 0.29) is 11.6 Å². The number of H-pyrrole nitrogens is 1. The number of aromatic amines is 1. The van der Waals surface area contributed by atoms with Crippen LogP contribution in [-0.4, -0.2) is 15.8 Å². The minimum Gasteiger partial charge on any atom is -0.361 e. The third-order valence-electron chi connectivity index (χ3n) is 2.46. The quantitative estimate of drug-likeness (QED) is 0.849. The topological polar surface area (TPSA) is 57.8 Å². The van der Waals surface area contributed by atoms with E-state index in [1.165, 1.54) is 6.33 Å². The molecule has 6 heteroatoms. The van der Waals surface area contributed by atoms with Crippen molar-refractivity contribution in [3.05, 3.63) is 57.0 Å². The third-order valence-corrected chi connectivity index (χ3v) is 3.51. The maximum atomic E-state index is 11.4. The minimum atomic E-state index is -0.228. The van der Waals surface area contributed by atoms with E-state index >= 15 is 0 Å². The zero-order valence-corrected chi connectivity index (χ0v) is 11.7. The third kappa shape index (κ3) is 2.91. The number of halogens is 2. The molecule has 0 aliphatic carbocycles. The molecule has 1 aromatic heterocycles. The first kappa shape index (κ1) is 13.1. The fourth-order valence-corrected chi connectivity index (χ4v) is 2.13. The summed E-state index contributed by atoms with van der Waals surface area (Å²) in [6.07, 6.45) is 1.35. The Bertz CT molecular complexity index is 573. The number of anilines is 1. The first-order valence-electron chi connectivity index (χ1n) is 5.33. The molecule has 4 nitrogen and oxygen atoms in total. The average molecular weight is 329 g/mol. The van der Waals surface area contributed by atoms with Gasteiger partial charge in [-0.3, -0.25) is 4.79 Å². The summed E-state index contributed by atoms with van der Waals surface area (Å²) in [6, 6.07) is 9.67. The number of aromatic nitrogens is 2. The fraction of sp³-hybridized carbons (Fsp3) is 0.167. The molecule has 0 radical (unpaired) electrons. The lowest BCUT2D eigenvalue weighted by molar-refractivity contribution is 0.875. The van der Waals surface area contributed by atoms with Gasteiger partial charge in [-0.1, -0.05) is 30.3 Å². The molecule has 0 aliphatic heterocycles. The maximum Gasteiger partial charge on any atom is 0.267 e. The van der Waals surface area contributed by atoms with Crippen LogP contribution >= 0.6 is 27.5 Å². The highest BCUT2D eigenvalue weighted by Crippen LogP contribution is 2.22. The molecule has 0 aliphatic rings. The molecule has 0 amide bonds. The summed E-state index contributed by atoms with van der Waals surface area (Å²) in [4.78, 5) is 18.0. The van der Waals surface area contributed by atoms with E-state index in [4.69, 9.17) is 11.6 Å². The molecule has 0 bridgehead atoms. The predicted molar refractivity (Wildman–Crippen MR) is 76.1 cm³/mol. The van der Waals surface area contributed by atoms with Crippen LogP contribution in [0.25, 0.3) is 0 Å². The number of rotatable bonds is 4. The smallest absolute Gasteiger partial charge is 0.267 e. The first-order chi connectivity index (χ1) is 8.72. The number of hydrogen-bond acceptors (Lipinski definition) is 3. The van der Waals surface area contributed by atoms with E-state index in [1.54, 1.807) is 0 Å². The Hall–Kier alpha value is -1.33. The summed E-state index contributed by atoms with van der Waals surface area (Å²) in [7, 11) is 0. The van der Waals surface area contributed by atoms with E-state index in [2.05, 4.69) is 31.2 Å². The Balaban J connectivity index is 2.26. The molecule has 1 aromatic carbocycles. The average Bonchev–Trinajstić information content (AvgIpc) is 2.41. The summed E-state index contributed by atoms with van der Waals surface area (Å²) < 4.78 is 0.371. The summed E-state index contributed by atoms with van der Waals surface area (Å²) in [6.45, 7) is 0. The van der Waals surface area contributed by atoms with Crippen molar-refractivity contribution in [2.24, 2.45) is 0 Å². The van der Waals surface area contributed by atoms with E-state index in [9.17, 15) is 4.79 Å².